The number of carboxylic acid groups (broad SMARTS) is 1. The van der Waals surface area contributed by atoms with Gasteiger partial charge in [-0.2, -0.15) is 5.26 Å². The third-order valence-electron chi connectivity index (χ3n) is 2.96. The number of anilines is 1. The fourth-order valence-corrected chi connectivity index (χ4v) is 1.92. The van der Waals surface area contributed by atoms with Gasteiger partial charge in [0.1, 0.15) is 6.54 Å². The molecule has 0 aliphatic heterocycles. The molecule has 4 nitrogen and oxygen atoms in total. The molecule has 0 radical (unpaired) electrons. The van der Waals surface area contributed by atoms with E-state index in [1.165, 1.54) is 0 Å². The maximum absolute atomic E-state index is 10.8. The van der Waals surface area contributed by atoms with Crippen LogP contribution in [0.4, 0.5) is 5.69 Å². The molecule has 0 bridgehead atoms. The van der Waals surface area contributed by atoms with Crippen molar-refractivity contribution < 1.29 is 9.90 Å². The number of carboxylic acids is 1. The van der Waals surface area contributed by atoms with E-state index in [-0.39, 0.29) is 6.54 Å². The van der Waals surface area contributed by atoms with E-state index in [2.05, 4.69) is 6.07 Å². The molecule has 0 saturated heterocycles. The molecule has 1 aromatic rings. The summed E-state index contributed by atoms with van der Waals surface area (Å²) in [5.74, 6) is -0.820. The van der Waals surface area contributed by atoms with Crippen LogP contribution in [-0.4, -0.2) is 23.7 Å². The van der Waals surface area contributed by atoms with Crippen LogP contribution in [0.2, 0.25) is 0 Å². The van der Waals surface area contributed by atoms with Crippen LogP contribution in [0.3, 0.4) is 0 Å². The minimum atomic E-state index is -0.820. The van der Waals surface area contributed by atoms with Gasteiger partial charge in [0.25, 0.3) is 0 Å². The fourth-order valence-electron chi connectivity index (χ4n) is 1.92. The Hall–Kier alpha value is -2.02. The largest absolute Gasteiger partial charge is 0.480 e. The van der Waals surface area contributed by atoms with Crippen molar-refractivity contribution in [3.8, 4) is 6.07 Å². The number of benzene rings is 1. The Labute approximate surface area is 100 Å². The third kappa shape index (κ3) is 2.56. The molecule has 0 heterocycles. The lowest BCUT2D eigenvalue weighted by Gasteiger charge is -2.23. The van der Waals surface area contributed by atoms with E-state index in [1.807, 2.05) is 24.0 Å². The molecule has 1 N–H and O–H groups in total. The first-order valence-electron chi connectivity index (χ1n) is 5.61. The zero-order valence-electron chi connectivity index (χ0n) is 9.68. The summed E-state index contributed by atoms with van der Waals surface area (Å²) in [6.45, 7) is 1.89. The standard InChI is InChI=1S/C13H14N2O2/c1-9-6-12(3-2-10(9)7-14)15(8-13(16)17)11-4-5-11/h2-3,6,11H,4-5,8H2,1H3,(H,16,17). The Morgan fingerprint density at radius 2 is 2.29 bits per heavy atom. The number of aliphatic carboxylic acids is 1. The molecule has 1 aliphatic carbocycles. The second kappa shape index (κ2) is 4.46. The summed E-state index contributed by atoms with van der Waals surface area (Å²) in [5, 5.41) is 17.8. The summed E-state index contributed by atoms with van der Waals surface area (Å²) >= 11 is 0. The van der Waals surface area contributed by atoms with Gasteiger partial charge in [0.2, 0.25) is 0 Å². The minimum Gasteiger partial charge on any atom is -0.480 e. The first-order chi connectivity index (χ1) is 8.11. The molecule has 1 aromatic carbocycles. The molecule has 17 heavy (non-hydrogen) atoms. The van der Waals surface area contributed by atoms with E-state index in [4.69, 9.17) is 10.4 Å². The van der Waals surface area contributed by atoms with Crippen molar-refractivity contribution in [2.24, 2.45) is 0 Å². The van der Waals surface area contributed by atoms with E-state index >= 15 is 0 Å². The lowest BCUT2D eigenvalue weighted by Crippen LogP contribution is -2.31. The Kier molecular flexibility index (Phi) is 3.01. The van der Waals surface area contributed by atoms with Gasteiger partial charge in [-0.05, 0) is 43.5 Å². The van der Waals surface area contributed by atoms with Crippen LogP contribution in [0.15, 0.2) is 18.2 Å². The molecule has 1 saturated carbocycles. The van der Waals surface area contributed by atoms with E-state index in [9.17, 15) is 4.79 Å². The van der Waals surface area contributed by atoms with E-state index in [0.29, 0.717) is 11.6 Å². The smallest absolute Gasteiger partial charge is 0.323 e. The van der Waals surface area contributed by atoms with Gasteiger partial charge in [-0.3, -0.25) is 4.79 Å². The van der Waals surface area contributed by atoms with Crippen LogP contribution in [0.5, 0.6) is 0 Å². The van der Waals surface area contributed by atoms with Gasteiger partial charge in [0, 0.05) is 11.7 Å². The van der Waals surface area contributed by atoms with Crippen LogP contribution >= 0.6 is 0 Å². The summed E-state index contributed by atoms with van der Waals surface area (Å²) in [6.07, 6.45) is 2.10. The quantitative estimate of drug-likeness (QED) is 0.858. The van der Waals surface area contributed by atoms with Crippen molar-refractivity contribution in [3.05, 3.63) is 29.3 Å². The van der Waals surface area contributed by atoms with Crippen molar-refractivity contribution in [1.82, 2.24) is 0 Å². The third-order valence-corrected chi connectivity index (χ3v) is 2.96. The molecular formula is C13H14N2O2. The highest BCUT2D eigenvalue weighted by Gasteiger charge is 2.30. The molecule has 0 atom stereocenters. The van der Waals surface area contributed by atoms with Gasteiger partial charge in [-0.1, -0.05) is 0 Å². The van der Waals surface area contributed by atoms with Gasteiger partial charge in [0.15, 0.2) is 0 Å². The van der Waals surface area contributed by atoms with Gasteiger partial charge in [0.05, 0.1) is 11.6 Å². The molecular weight excluding hydrogens is 216 g/mol. The summed E-state index contributed by atoms with van der Waals surface area (Å²) < 4.78 is 0. The maximum Gasteiger partial charge on any atom is 0.323 e. The predicted octanol–water partition coefficient (Wildman–Crippen LogP) is 1.92. The number of aryl methyl sites for hydroxylation is 1. The molecule has 4 heteroatoms. The van der Waals surface area contributed by atoms with Crippen LogP contribution in [-0.2, 0) is 4.79 Å². The Morgan fingerprint density at radius 3 is 2.76 bits per heavy atom. The average Bonchev–Trinajstić information content (AvgIpc) is 3.09. The molecule has 2 rings (SSSR count). The molecule has 1 aliphatic rings. The Morgan fingerprint density at radius 1 is 1.59 bits per heavy atom. The minimum absolute atomic E-state index is 0.0238. The van der Waals surface area contributed by atoms with Crippen molar-refractivity contribution in [3.63, 3.8) is 0 Å². The topological polar surface area (TPSA) is 64.3 Å². The summed E-state index contributed by atoms with van der Waals surface area (Å²) in [5.41, 5.74) is 2.42. The van der Waals surface area contributed by atoms with Crippen LogP contribution < -0.4 is 4.90 Å². The highest BCUT2D eigenvalue weighted by molar-refractivity contribution is 5.74. The molecule has 0 amide bonds. The highest BCUT2D eigenvalue weighted by atomic mass is 16.4. The lowest BCUT2D eigenvalue weighted by molar-refractivity contribution is -0.135. The highest BCUT2D eigenvalue weighted by Crippen LogP contribution is 2.32. The molecule has 1 fully saturated rings. The maximum atomic E-state index is 10.8. The SMILES string of the molecule is Cc1cc(N(CC(=O)O)C2CC2)ccc1C#N. The number of hydrogen-bond acceptors (Lipinski definition) is 3. The van der Waals surface area contributed by atoms with Crippen LogP contribution in [0.25, 0.3) is 0 Å². The fraction of sp³-hybridized carbons (Fsp3) is 0.385. The molecule has 0 unspecified atom stereocenters. The second-order valence-corrected chi connectivity index (χ2v) is 4.36. The van der Waals surface area contributed by atoms with Crippen LogP contribution in [0, 0.1) is 18.3 Å². The van der Waals surface area contributed by atoms with E-state index in [1.54, 1.807) is 6.07 Å². The summed E-state index contributed by atoms with van der Waals surface area (Å²) in [6, 6.07) is 7.92. The van der Waals surface area contributed by atoms with Gasteiger partial charge < -0.3 is 10.0 Å². The van der Waals surface area contributed by atoms with Crippen molar-refractivity contribution in [1.29, 1.82) is 5.26 Å². The zero-order valence-corrected chi connectivity index (χ0v) is 9.68. The monoisotopic (exact) mass is 230 g/mol. The Balaban J connectivity index is 2.27. The van der Waals surface area contributed by atoms with Gasteiger partial charge >= 0.3 is 5.97 Å². The molecule has 88 valence electrons. The van der Waals surface area contributed by atoms with Gasteiger partial charge in [-0.25, -0.2) is 0 Å². The van der Waals surface area contributed by atoms with Gasteiger partial charge in [-0.15, -0.1) is 0 Å². The predicted molar refractivity (Wildman–Crippen MR) is 63.9 cm³/mol. The van der Waals surface area contributed by atoms with Crippen molar-refractivity contribution in [2.45, 2.75) is 25.8 Å². The average molecular weight is 230 g/mol. The van der Waals surface area contributed by atoms with Crippen LogP contribution in [0.1, 0.15) is 24.0 Å². The zero-order chi connectivity index (χ0) is 12.4. The summed E-state index contributed by atoms with van der Waals surface area (Å²) in [4.78, 5) is 12.7. The van der Waals surface area contributed by atoms with Crippen molar-refractivity contribution in [2.75, 3.05) is 11.4 Å². The van der Waals surface area contributed by atoms with E-state index < -0.39 is 5.97 Å². The number of nitriles is 1. The Bertz CT molecular complexity index is 487. The lowest BCUT2D eigenvalue weighted by atomic mass is 10.1. The summed E-state index contributed by atoms with van der Waals surface area (Å²) in [7, 11) is 0. The number of hydrogen-bond donors (Lipinski definition) is 1. The number of carbonyl (C=O) groups is 1. The van der Waals surface area contributed by atoms with E-state index in [0.717, 1.165) is 24.1 Å². The normalized spacial score (nSPS) is 14.1. The molecule has 0 aromatic heterocycles. The van der Waals surface area contributed by atoms with Crippen molar-refractivity contribution >= 4 is 11.7 Å². The first-order valence-corrected chi connectivity index (χ1v) is 5.61. The number of rotatable bonds is 4. The first kappa shape index (κ1) is 11.5. The molecule has 0 spiro atoms. The second-order valence-electron chi connectivity index (χ2n) is 4.36. The number of nitrogens with zero attached hydrogens (tertiary/aromatic N) is 2.